The predicted octanol–water partition coefficient (Wildman–Crippen LogP) is 4.48. The number of fused-ring (bicyclic) bond motifs is 1. The van der Waals surface area contributed by atoms with Crippen LogP contribution in [0.5, 0.6) is 5.75 Å². The fourth-order valence-corrected chi connectivity index (χ4v) is 5.03. The van der Waals surface area contributed by atoms with Gasteiger partial charge in [0, 0.05) is 0 Å². The third kappa shape index (κ3) is 7.20. The van der Waals surface area contributed by atoms with Gasteiger partial charge in [0.1, 0.15) is 0 Å². The third-order valence-electron chi connectivity index (χ3n) is 5.13. The molecule has 0 atom stereocenters. The number of methoxy groups -OCH3 is 1. The number of unbranched alkanes of at least 4 members (excludes halogenated alkanes) is 4. The van der Waals surface area contributed by atoms with E-state index in [1.165, 1.54) is 0 Å². The molecular formula is C23H32O5Se. The number of rotatable bonds is 12. The molecule has 1 aromatic heterocycles. The van der Waals surface area contributed by atoms with Gasteiger partial charge in [-0.15, -0.1) is 0 Å². The zero-order chi connectivity index (χ0) is 21.3. The molecule has 0 fully saturated rings. The first-order valence-corrected chi connectivity index (χ1v) is 12.4. The van der Waals surface area contributed by atoms with Gasteiger partial charge in [0.2, 0.25) is 0 Å². The molecule has 0 bridgehead atoms. The summed E-state index contributed by atoms with van der Waals surface area (Å²) in [5, 5.41) is 2.10. The molecule has 160 valence electrons. The van der Waals surface area contributed by atoms with Crippen LogP contribution in [-0.2, 0) is 9.53 Å². The second kappa shape index (κ2) is 11.4. The number of hydrogen-bond acceptors (Lipinski definition) is 5. The van der Waals surface area contributed by atoms with E-state index < -0.39 is 0 Å². The van der Waals surface area contributed by atoms with E-state index in [9.17, 15) is 9.59 Å². The van der Waals surface area contributed by atoms with E-state index in [4.69, 9.17) is 13.9 Å². The van der Waals surface area contributed by atoms with Crippen LogP contribution in [0.3, 0.4) is 0 Å². The maximum absolute atomic E-state index is 11.9. The summed E-state index contributed by atoms with van der Waals surface area (Å²) < 4.78 is 17.0. The van der Waals surface area contributed by atoms with Crippen molar-refractivity contribution in [1.29, 1.82) is 0 Å². The van der Waals surface area contributed by atoms with Crippen LogP contribution >= 0.6 is 0 Å². The van der Waals surface area contributed by atoms with Crippen LogP contribution in [0.25, 0.3) is 11.0 Å². The molecule has 1 heterocycles. The minimum absolute atomic E-state index is 0.0973. The van der Waals surface area contributed by atoms with Gasteiger partial charge in [-0.3, -0.25) is 0 Å². The zero-order valence-electron chi connectivity index (χ0n) is 17.9. The van der Waals surface area contributed by atoms with Crippen molar-refractivity contribution in [2.24, 2.45) is 5.41 Å². The fraction of sp³-hybridized carbons (Fsp3) is 0.565. The van der Waals surface area contributed by atoms with Crippen molar-refractivity contribution in [1.82, 2.24) is 0 Å². The van der Waals surface area contributed by atoms with Crippen molar-refractivity contribution >= 4 is 36.4 Å². The Bertz CT molecular complexity index is 856. The SMILES string of the molecule is CCC(C)(C)C(=O)OCCCCCCC[Se]c1cc(=O)oc2cc(OC)ccc12. The molecule has 0 unspecified atom stereocenters. The monoisotopic (exact) mass is 468 g/mol. The summed E-state index contributed by atoms with van der Waals surface area (Å²) in [6.07, 6.45) is 6.22. The molecule has 0 saturated carbocycles. The Balaban J connectivity index is 1.67. The van der Waals surface area contributed by atoms with Crippen LogP contribution in [0.4, 0.5) is 0 Å². The zero-order valence-corrected chi connectivity index (χ0v) is 19.6. The maximum atomic E-state index is 11.9. The van der Waals surface area contributed by atoms with Crippen LogP contribution in [0.15, 0.2) is 33.5 Å². The molecule has 0 aliphatic heterocycles. The van der Waals surface area contributed by atoms with Gasteiger partial charge in [-0.05, 0) is 0 Å². The average Bonchev–Trinajstić information content (AvgIpc) is 2.71. The summed E-state index contributed by atoms with van der Waals surface area (Å²) >= 11 is 0.240. The Morgan fingerprint density at radius 3 is 2.55 bits per heavy atom. The van der Waals surface area contributed by atoms with Crippen LogP contribution in [0, 0.1) is 5.41 Å². The molecule has 5 nitrogen and oxygen atoms in total. The molecule has 2 aromatic rings. The topological polar surface area (TPSA) is 65.7 Å². The van der Waals surface area contributed by atoms with Crippen molar-refractivity contribution in [3.8, 4) is 5.75 Å². The molecule has 0 amide bonds. The number of carbonyl (C=O) groups is 1. The second-order valence-corrected chi connectivity index (χ2v) is 10.2. The predicted molar refractivity (Wildman–Crippen MR) is 117 cm³/mol. The molecule has 0 aliphatic rings. The molecule has 0 radical (unpaired) electrons. The normalized spacial score (nSPS) is 11.6. The summed E-state index contributed by atoms with van der Waals surface area (Å²) in [4.78, 5) is 23.7. The number of ether oxygens (including phenoxy) is 2. The van der Waals surface area contributed by atoms with Gasteiger partial charge in [0.15, 0.2) is 0 Å². The van der Waals surface area contributed by atoms with Crippen molar-refractivity contribution in [2.75, 3.05) is 13.7 Å². The Morgan fingerprint density at radius 1 is 1.10 bits per heavy atom. The number of carbonyl (C=O) groups excluding carboxylic acids is 1. The van der Waals surface area contributed by atoms with Crippen LogP contribution in [0.2, 0.25) is 5.32 Å². The average molecular weight is 467 g/mol. The van der Waals surface area contributed by atoms with E-state index in [1.807, 2.05) is 32.9 Å². The Labute approximate surface area is 179 Å². The van der Waals surface area contributed by atoms with Crippen LogP contribution in [0.1, 0.15) is 59.3 Å². The molecule has 29 heavy (non-hydrogen) atoms. The van der Waals surface area contributed by atoms with Crippen LogP contribution < -0.4 is 14.8 Å². The van der Waals surface area contributed by atoms with Crippen LogP contribution in [-0.4, -0.2) is 34.6 Å². The first kappa shape index (κ1) is 23.5. The molecule has 0 N–H and O–H groups in total. The Morgan fingerprint density at radius 2 is 1.83 bits per heavy atom. The van der Waals surface area contributed by atoms with E-state index >= 15 is 0 Å². The second-order valence-electron chi connectivity index (χ2n) is 7.78. The molecule has 0 aliphatic carbocycles. The minimum atomic E-state index is -0.383. The summed E-state index contributed by atoms with van der Waals surface area (Å²) in [6.45, 7) is 6.37. The molecule has 6 heteroatoms. The number of benzene rings is 1. The number of hydrogen-bond donors (Lipinski definition) is 0. The summed E-state index contributed by atoms with van der Waals surface area (Å²) in [5.74, 6) is 0.592. The molecular weight excluding hydrogens is 435 g/mol. The molecule has 1 aromatic carbocycles. The van der Waals surface area contributed by atoms with Crippen molar-refractivity contribution in [3.63, 3.8) is 0 Å². The quantitative estimate of drug-likeness (QED) is 0.199. The van der Waals surface area contributed by atoms with Crippen molar-refractivity contribution in [3.05, 3.63) is 34.7 Å². The van der Waals surface area contributed by atoms with Gasteiger partial charge in [-0.25, -0.2) is 0 Å². The molecule has 2 rings (SSSR count). The number of esters is 1. The standard InChI is InChI=1S/C23H32O5Se/c1-5-23(2,3)22(25)27-13-9-7-6-8-10-14-29-20-16-21(24)28-19-15-17(26-4)11-12-18(19)20/h11-12,15-16H,5-10,13-14H2,1-4H3. The fourth-order valence-electron chi connectivity index (χ4n) is 2.78. The Kier molecular flexibility index (Phi) is 9.25. The van der Waals surface area contributed by atoms with Gasteiger partial charge in [0.05, 0.1) is 0 Å². The molecule has 0 saturated heterocycles. The van der Waals surface area contributed by atoms with E-state index in [0.717, 1.165) is 53.7 Å². The van der Waals surface area contributed by atoms with Crippen molar-refractivity contribution in [2.45, 2.75) is 64.6 Å². The van der Waals surface area contributed by atoms with E-state index in [1.54, 1.807) is 19.2 Å². The van der Waals surface area contributed by atoms with Gasteiger partial charge in [-0.2, -0.15) is 0 Å². The molecule has 0 spiro atoms. The summed E-state index contributed by atoms with van der Waals surface area (Å²) in [5.41, 5.74) is -0.0931. The van der Waals surface area contributed by atoms with E-state index in [-0.39, 0.29) is 32.0 Å². The van der Waals surface area contributed by atoms with Gasteiger partial charge in [0.25, 0.3) is 0 Å². The first-order valence-electron chi connectivity index (χ1n) is 10.3. The van der Waals surface area contributed by atoms with Gasteiger partial charge in [-0.1, -0.05) is 0 Å². The third-order valence-corrected chi connectivity index (χ3v) is 7.52. The van der Waals surface area contributed by atoms with E-state index in [0.29, 0.717) is 17.9 Å². The first-order chi connectivity index (χ1) is 13.9. The van der Waals surface area contributed by atoms with Gasteiger partial charge < -0.3 is 0 Å². The van der Waals surface area contributed by atoms with E-state index in [2.05, 4.69) is 0 Å². The van der Waals surface area contributed by atoms with Gasteiger partial charge >= 0.3 is 179 Å². The summed E-state index contributed by atoms with van der Waals surface area (Å²) in [7, 11) is 1.60. The van der Waals surface area contributed by atoms with Crippen molar-refractivity contribution < 1.29 is 18.7 Å². The summed E-state index contributed by atoms with van der Waals surface area (Å²) in [6, 6.07) is 7.26. The Hall–Kier alpha value is -1.78.